The van der Waals surface area contributed by atoms with E-state index in [0.717, 1.165) is 19.3 Å². The summed E-state index contributed by atoms with van der Waals surface area (Å²) in [7, 11) is 3.06. The minimum atomic E-state index is -0.390. The Kier molecular flexibility index (Phi) is 8.86. The lowest BCUT2D eigenvalue weighted by atomic mass is 9.97. The molecule has 39 heavy (non-hydrogen) atoms. The molecule has 0 atom stereocenters. The first-order valence-electron chi connectivity index (χ1n) is 13.2. The van der Waals surface area contributed by atoms with Gasteiger partial charge in [-0.3, -0.25) is 9.59 Å². The molecule has 0 radical (unpaired) electrons. The third-order valence-electron chi connectivity index (χ3n) is 6.74. The van der Waals surface area contributed by atoms with Crippen LogP contribution in [-0.2, 0) is 0 Å². The van der Waals surface area contributed by atoms with E-state index in [9.17, 15) is 14.0 Å². The van der Waals surface area contributed by atoms with Gasteiger partial charge in [0.05, 0.1) is 18.2 Å². The molecule has 0 unspecified atom stereocenters. The number of ether oxygens (including phenoxy) is 1. The highest BCUT2D eigenvalue weighted by Crippen LogP contribution is 2.39. The monoisotopic (exact) mass is 531 g/mol. The van der Waals surface area contributed by atoms with Gasteiger partial charge in [-0.15, -0.1) is 0 Å². The number of methoxy groups -OCH3 is 1. The Balaban J connectivity index is 1.72. The van der Waals surface area contributed by atoms with Gasteiger partial charge in [-0.1, -0.05) is 38.7 Å². The molecule has 3 aromatic carbocycles. The van der Waals surface area contributed by atoms with Crippen LogP contribution in [0.4, 0.5) is 10.1 Å². The molecule has 0 saturated carbocycles. The van der Waals surface area contributed by atoms with Gasteiger partial charge < -0.3 is 25.5 Å². The fourth-order valence-electron chi connectivity index (χ4n) is 4.64. The van der Waals surface area contributed by atoms with E-state index in [1.807, 2.05) is 6.07 Å². The van der Waals surface area contributed by atoms with Crippen molar-refractivity contribution in [3.05, 3.63) is 71.5 Å². The van der Waals surface area contributed by atoms with Crippen molar-refractivity contribution in [3.63, 3.8) is 0 Å². The molecule has 0 spiro atoms. The van der Waals surface area contributed by atoms with Gasteiger partial charge in [0.1, 0.15) is 22.9 Å². The maximum atomic E-state index is 13.5. The number of hydrogen-bond donors (Lipinski definition) is 3. The molecule has 1 aromatic heterocycles. The Morgan fingerprint density at radius 1 is 0.949 bits per heavy atom. The normalized spacial score (nSPS) is 11.0. The fourth-order valence-corrected chi connectivity index (χ4v) is 4.64. The van der Waals surface area contributed by atoms with E-state index in [0.29, 0.717) is 62.5 Å². The lowest BCUT2D eigenvalue weighted by molar-refractivity contribution is 0.0946. The van der Waals surface area contributed by atoms with E-state index in [2.05, 4.69) is 17.6 Å². The van der Waals surface area contributed by atoms with Gasteiger partial charge in [0.2, 0.25) is 0 Å². The molecule has 4 rings (SSSR count). The highest BCUT2D eigenvalue weighted by Gasteiger charge is 2.23. The van der Waals surface area contributed by atoms with Crippen molar-refractivity contribution >= 4 is 28.5 Å². The summed E-state index contributed by atoms with van der Waals surface area (Å²) in [6.45, 7) is 2.75. The van der Waals surface area contributed by atoms with Gasteiger partial charge in [-0.2, -0.15) is 0 Å². The molecule has 0 fully saturated rings. The first-order chi connectivity index (χ1) is 18.9. The number of nitrogens with two attached hydrogens (primary N) is 1. The highest BCUT2D eigenvalue weighted by molar-refractivity contribution is 6.12. The zero-order chi connectivity index (χ0) is 27.9. The van der Waals surface area contributed by atoms with Gasteiger partial charge in [0.25, 0.3) is 11.8 Å². The second kappa shape index (κ2) is 12.5. The van der Waals surface area contributed by atoms with Crippen LogP contribution in [-0.4, -0.2) is 32.5 Å². The SMILES string of the molecule is CCCCCCCNC(=O)c1cc(-c2cc3c(C(=O)NC)c(-c4ccc(F)cc4)oc3cc2N)ccc1OC. The summed E-state index contributed by atoms with van der Waals surface area (Å²) < 4.78 is 25.0. The number of rotatable bonds is 11. The minimum Gasteiger partial charge on any atom is -0.496 e. The summed E-state index contributed by atoms with van der Waals surface area (Å²) in [5.41, 5.74) is 9.87. The number of fused-ring (bicyclic) bond motifs is 1. The zero-order valence-electron chi connectivity index (χ0n) is 22.5. The van der Waals surface area contributed by atoms with E-state index in [1.165, 1.54) is 39.1 Å². The third-order valence-corrected chi connectivity index (χ3v) is 6.74. The first kappa shape index (κ1) is 27.7. The Morgan fingerprint density at radius 2 is 1.67 bits per heavy atom. The van der Waals surface area contributed by atoms with Crippen LogP contribution in [0.25, 0.3) is 33.4 Å². The minimum absolute atomic E-state index is 0.225. The number of benzene rings is 3. The second-order valence-electron chi connectivity index (χ2n) is 9.41. The van der Waals surface area contributed by atoms with Gasteiger partial charge in [-0.05, 0) is 54.4 Å². The largest absolute Gasteiger partial charge is 0.496 e. The summed E-state index contributed by atoms with van der Waals surface area (Å²) in [4.78, 5) is 26.0. The van der Waals surface area contributed by atoms with Gasteiger partial charge in [0.15, 0.2) is 0 Å². The molecule has 0 bridgehead atoms. The summed E-state index contributed by atoms with van der Waals surface area (Å²) >= 11 is 0. The Labute approximate surface area is 227 Å². The van der Waals surface area contributed by atoms with Crippen LogP contribution in [0.3, 0.4) is 0 Å². The molecule has 2 amide bonds. The molecule has 0 aliphatic carbocycles. The maximum absolute atomic E-state index is 13.5. The van der Waals surface area contributed by atoms with Crippen LogP contribution in [0.5, 0.6) is 5.75 Å². The smallest absolute Gasteiger partial charge is 0.255 e. The Hall–Kier alpha value is -4.33. The van der Waals surface area contributed by atoms with E-state index >= 15 is 0 Å². The maximum Gasteiger partial charge on any atom is 0.255 e. The number of carbonyl (C=O) groups is 2. The van der Waals surface area contributed by atoms with E-state index < -0.39 is 5.82 Å². The predicted octanol–water partition coefficient (Wildman–Crippen LogP) is 6.56. The van der Waals surface area contributed by atoms with Gasteiger partial charge in [-0.25, -0.2) is 4.39 Å². The molecule has 4 N–H and O–H groups in total. The number of nitrogens with one attached hydrogen (secondary N) is 2. The fraction of sp³-hybridized carbons (Fsp3) is 0.290. The number of hydrogen-bond acceptors (Lipinski definition) is 5. The van der Waals surface area contributed by atoms with Crippen molar-refractivity contribution in [1.82, 2.24) is 10.6 Å². The van der Waals surface area contributed by atoms with Crippen LogP contribution in [0, 0.1) is 5.82 Å². The van der Waals surface area contributed by atoms with Crippen LogP contribution in [0.15, 0.2) is 59.0 Å². The van der Waals surface area contributed by atoms with Gasteiger partial charge >= 0.3 is 0 Å². The third kappa shape index (κ3) is 6.06. The number of amides is 2. The van der Waals surface area contributed by atoms with Crippen LogP contribution < -0.4 is 21.1 Å². The first-order valence-corrected chi connectivity index (χ1v) is 13.2. The molecule has 8 heteroatoms. The van der Waals surface area contributed by atoms with Crippen LogP contribution in [0.1, 0.15) is 59.7 Å². The molecule has 204 valence electrons. The zero-order valence-corrected chi connectivity index (χ0v) is 22.5. The van der Waals surface area contributed by atoms with Crippen molar-refractivity contribution in [2.75, 3.05) is 26.4 Å². The Morgan fingerprint density at radius 3 is 2.36 bits per heavy atom. The number of unbranched alkanes of at least 4 members (excludes halogenated alkanes) is 4. The van der Waals surface area contributed by atoms with Crippen LogP contribution >= 0.6 is 0 Å². The summed E-state index contributed by atoms with van der Waals surface area (Å²) in [6, 6.07) is 14.5. The molecule has 4 aromatic rings. The predicted molar refractivity (Wildman–Crippen MR) is 152 cm³/mol. The molecule has 0 aliphatic heterocycles. The van der Waals surface area contributed by atoms with Gasteiger partial charge in [0, 0.05) is 41.9 Å². The van der Waals surface area contributed by atoms with Crippen molar-refractivity contribution in [1.29, 1.82) is 0 Å². The van der Waals surface area contributed by atoms with Crippen molar-refractivity contribution in [2.24, 2.45) is 0 Å². The molecule has 0 saturated heterocycles. The average Bonchev–Trinajstić information content (AvgIpc) is 3.32. The summed E-state index contributed by atoms with van der Waals surface area (Å²) in [5.74, 6) is -0.197. The quantitative estimate of drug-likeness (QED) is 0.150. The van der Waals surface area contributed by atoms with Crippen molar-refractivity contribution < 1.29 is 23.1 Å². The number of anilines is 1. The summed E-state index contributed by atoms with van der Waals surface area (Å²) in [6.07, 6.45) is 5.50. The molecular weight excluding hydrogens is 497 g/mol. The Bertz CT molecular complexity index is 1480. The van der Waals surface area contributed by atoms with E-state index in [1.54, 1.807) is 36.4 Å². The molecule has 0 aliphatic rings. The standard InChI is InChI=1S/C31H34FN3O4/c1-4-5-6-7-8-15-35-30(36)24-16-20(11-14-26(24)38-3)22-17-23-27(18-25(22)33)39-29(28(23)31(37)34-2)19-9-12-21(32)13-10-19/h9-14,16-18H,4-8,15,33H2,1-3H3,(H,34,37)(H,35,36). The van der Waals surface area contributed by atoms with Crippen LogP contribution in [0.2, 0.25) is 0 Å². The topological polar surface area (TPSA) is 107 Å². The van der Waals surface area contributed by atoms with E-state index in [-0.39, 0.29) is 11.8 Å². The number of halogens is 1. The van der Waals surface area contributed by atoms with Crippen molar-refractivity contribution in [2.45, 2.75) is 39.0 Å². The average molecular weight is 532 g/mol. The highest BCUT2D eigenvalue weighted by atomic mass is 19.1. The summed E-state index contributed by atoms with van der Waals surface area (Å²) in [5, 5.41) is 6.19. The molecule has 1 heterocycles. The number of furan rings is 1. The van der Waals surface area contributed by atoms with E-state index in [4.69, 9.17) is 14.9 Å². The second-order valence-corrected chi connectivity index (χ2v) is 9.41. The lowest BCUT2D eigenvalue weighted by Crippen LogP contribution is -2.25. The molecule has 7 nitrogen and oxygen atoms in total. The molecular formula is C31H34FN3O4. The lowest BCUT2D eigenvalue weighted by Gasteiger charge is -2.13. The number of nitrogen functional groups attached to an aromatic ring is 1. The number of carbonyl (C=O) groups excluding carboxylic acids is 2. The van der Waals surface area contributed by atoms with Crippen molar-refractivity contribution in [3.8, 4) is 28.2 Å².